The first-order chi connectivity index (χ1) is 11.8. The van der Waals surface area contributed by atoms with E-state index in [1.807, 2.05) is 0 Å². The van der Waals surface area contributed by atoms with Crippen LogP contribution < -0.4 is 11.2 Å². The van der Waals surface area contributed by atoms with Crippen molar-refractivity contribution in [3.8, 4) is 0 Å². The maximum absolute atomic E-state index is 12.1. The monoisotopic (exact) mass is 350 g/mol. The summed E-state index contributed by atoms with van der Waals surface area (Å²) >= 11 is 0. The van der Waals surface area contributed by atoms with Crippen molar-refractivity contribution in [1.82, 2.24) is 18.9 Å². The normalized spacial score (nSPS) is 28.6. The van der Waals surface area contributed by atoms with Crippen molar-refractivity contribution in [3.63, 3.8) is 0 Å². The minimum Gasteiger partial charge on any atom is -0.373 e. The molecule has 0 spiro atoms. The Morgan fingerprint density at radius 3 is 2.48 bits per heavy atom. The van der Waals surface area contributed by atoms with Gasteiger partial charge in [0, 0.05) is 58.1 Å². The lowest BCUT2D eigenvalue weighted by atomic mass is 10.1. The smallest absolute Gasteiger partial charge is 0.330 e. The fraction of sp³-hybridized carbons (Fsp3) is 0.778. The van der Waals surface area contributed by atoms with Crippen LogP contribution >= 0.6 is 0 Å². The summed E-state index contributed by atoms with van der Waals surface area (Å²) in [4.78, 5) is 29.0. The molecule has 1 aromatic rings. The van der Waals surface area contributed by atoms with Crippen LogP contribution in [0, 0.1) is 0 Å². The van der Waals surface area contributed by atoms with Crippen LogP contribution in [-0.2, 0) is 25.4 Å². The summed E-state index contributed by atoms with van der Waals surface area (Å²) in [6.45, 7) is 8.90. The topological polar surface area (TPSA) is 59.7 Å². The maximum Gasteiger partial charge on any atom is 0.330 e. The van der Waals surface area contributed by atoms with Gasteiger partial charge in [-0.1, -0.05) is 0 Å². The number of likely N-dealkylation sites (tertiary alicyclic amines) is 1. The van der Waals surface area contributed by atoms with E-state index in [1.54, 1.807) is 17.7 Å². The van der Waals surface area contributed by atoms with Crippen molar-refractivity contribution < 1.29 is 4.74 Å². The highest BCUT2D eigenvalue weighted by molar-refractivity contribution is 5.03. The quantitative estimate of drug-likeness (QED) is 0.774. The number of ether oxygens (including phenoxy) is 1. The van der Waals surface area contributed by atoms with Gasteiger partial charge in [0.25, 0.3) is 5.56 Å². The second kappa shape index (κ2) is 7.43. The Morgan fingerprint density at radius 2 is 1.80 bits per heavy atom. The second-order valence-corrected chi connectivity index (χ2v) is 7.62. The van der Waals surface area contributed by atoms with Crippen molar-refractivity contribution >= 4 is 0 Å². The Kier molecular flexibility index (Phi) is 5.46. The average Bonchev–Trinajstić information content (AvgIpc) is 2.96. The number of nitrogens with zero attached hydrogens (tertiary/aromatic N) is 4. The van der Waals surface area contributed by atoms with Crippen LogP contribution in [0.3, 0.4) is 0 Å². The maximum atomic E-state index is 12.1. The van der Waals surface area contributed by atoms with Crippen LogP contribution in [0.1, 0.15) is 32.4 Å². The Morgan fingerprint density at radius 1 is 1.12 bits per heavy atom. The Balaban J connectivity index is 1.70. The van der Waals surface area contributed by atoms with E-state index in [0.717, 1.165) is 36.4 Å². The molecule has 140 valence electrons. The first kappa shape index (κ1) is 18.4. The van der Waals surface area contributed by atoms with Crippen LogP contribution in [0.4, 0.5) is 0 Å². The molecule has 3 rings (SSSR count). The highest BCUT2D eigenvalue weighted by Gasteiger charge is 2.30. The van der Waals surface area contributed by atoms with E-state index in [2.05, 4.69) is 23.6 Å². The molecular weight excluding hydrogens is 320 g/mol. The van der Waals surface area contributed by atoms with Crippen molar-refractivity contribution in [2.75, 3.05) is 26.2 Å². The van der Waals surface area contributed by atoms with Crippen LogP contribution in [0.2, 0.25) is 0 Å². The molecule has 2 aliphatic rings. The molecule has 0 unspecified atom stereocenters. The molecular formula is C18H30N4O3. The van der Waals surface area contributed by atoms with Crippen LogP contribution in [0.5, 0.6) is 0 Å². The van der Waals surface area contributed by atoms with E-state index in [9.17, 15) is 9.59 Å². The van der Waals surface area contributed by atoms with Crippen LogP contribution in [-0.4, -0.2) is 63.4 Å². The summed E-state index contributed by atoms with van der Waals surface area (Å²) in [6, 6.07) is 2.06. The fourth-order valence-electron chi connectivity index (χ4n) is 4.18. The summed E-state index contributed by atoms with van der Waals surface area (Å²) in [5, 5.41) is 0. The summed E-state index contributed by atoms with van der Waals surface area (Å²) in [6.07, 6.45) is 2.88. The first-order valence-corrected chi connectivity index (χ1v) is 9.23. The van der Waals surface area contributed by atoms with Crippen molar-refractivity contribution in [1.29, 1.82) is 0 Å². The Hall–Kier alpha value is -1.44. The predicted octanol–water partition coefficient (Wildman–Crippen LogP) is 0.158. The lowest BCUT2D eigenvalue weighted by Crippen LogP contribution is -2.50. The number of rotatable bonds is 4. The molecule has 7 nitrogen and oxygen atoms in total. The van der Waals surface area contributed by atoms with E-state index >= 15 is 0 Å². The molecule has 0 saturated carbocycles. The zero-order chi connectivity index (χ0) is 18.1. The third kappa shape index (κ3) is 4.04. The third-order valence-electron chi connectivity index (χ3n) is 5.45. The largest absolute Gasteiger partial charge is 0.373 e. The van der Waals surface area contributed by atoms with Crippen molar-refractivity contribution in [3.05, 3.63) is 32.6 Å². The molecule has 0 radical (unpaired) electrons. The number of aromatic nitrogens is 2. The van der Waals surface area contributed by atoms with Gasteiger partial charge in [0.15, 0.2) is 0 Å². The molecule has 0 amide bonds. The molecule has 7 heteroatoms. The van der Waals surface area contributed by atoms with Gasteiger partial charge in [-0.3, -0.25) is 23.7 Å². The van der Waals surface area contributed by atoms with Gasteiger partial charge < -0.3 is 4.74 Å². The van der Waals surface area contributed by atoms with Gasteiger partial charge in [0.2, 0.25) is 0 Å². The molecule has 0 aromatic carbocycles. The molecule has 0 bridgehead atoms. The first-order valence-electron chi connectivity index (χ1n) is 9.23. The highest BCUT2D eigenvalue weighted by Crippen LogP contribution is 2.22. The minimum atomic E-state index is -0.255. The molecule has 0 N–H and O–H groups in total. The summed E-state index contributed by atoms with van der Waals surface area (Å²) in [5.74, 6) is 0. The molecule has 2 aliphatic heterocycles. The van der Waals surface area contributed by atoms with Gasteiger partial charge in [-0.05, 0) is 33.2 Å². The minimum absolute atomic E-state index is 0.232. The molecule has 3 heterocycles. The van der Waals surface area contributed by atoms with Crippen LogP contribution in [0.15, 0.2) is 15.7 Å². The van der Waals surface area contributed by atoms with Gasteiger partial charge in [-0.25, -0.2) is 4.79 Å². The van der Waals surface area contributed by atoms with Gasteiger partial charge >= 0.3 is 5.69 Å². The van der Waals surface area contributed by atoms with E-state index < -0.39 is 0 Å². The lowest BCUT2D eigenvalue weighted by molar-refractivity contribution is -0.0724. The van der Waals surface area contributed by atoms with E-state index in [0.29, 0.717) is 12.6 Å². The molecule has 3 atom stereocenters. The van der Waals surface area contributed by atoms with Crippen molar-refractivity contribution in [2.45, 2.75) is 51.5 Å². The molecule has 0 aliphatic carbocycles. The fourth-order valence-corrected chi connectivity index (χ4v) is 4.18. The SMILES string of the molecule is C[C@@H]1CN(C[C@@H]2CCCN2Cc2cc(=O)n(C)c(=O)n2C)C[C@H](C)O1. The molecule has 2 fully saturated rings. The number of hydrogen-bond donors (Lipinski definition) is 0. The molecule has 25 heavy (non-hydrogen) atoms. The van der Waals surface area contributed by atoms with Gasteiger partial charge in [-0.15, -0.1) is 0 Å². The van der Waals surface area contributed by atoms with Gasteiger partial charge in [0.05, 0.1) is 12.2 Å². The molecule has 2 saturated heterocycles. The lowest BCUT2D eigenvalue weighted by Gasteiger charge is -2.38. The Labute approximate surface area is 148 Å². The van der Waals surface area contributed by atoms with Gasteiger partial charge in [-0.2, -0.15) is 0 Å². The number of morpholine rings is 1. The standard InChI is InChI=1S/C18H30N4O3/c1-13-9-21(10-14(2)25-13)11-15-6-5-7-22(15)12-16-8-17(23)20(4)18(24)19(16)3/h8,13-15H,5-7,9-12H2,1-4H3/t13-,14+,15-/m0/s1. The van der Waals surface area contributed by atoms with Crippen molar-refractivity contribution in [2.24, 2.45) is 14.1 Å². The summed E-state index contributed by atoms with van der Waals surface area (Å²) in [7, 11) is 3.27. The molecule has 1 aromatic heterocycles. The van der Waals surface area contributed by atoms with E-state index in [4.69, 9.17) is 4.74 Å². The van der Waals surface area contributed by atoms with E-state index in [1.165, 1.54) is 19.9 Å². The zero-order valence-corrected chi connectivity index (χ0v) is 15.8. The van der Waals surface area contributed by atoms with Gasteiger partial charge in [0.1, 0.15) is 0 Å². The predicted molar refractivity (Wildman–Crippen MR) is 96.8 cm³/mol. The third-order valence-corrected chi connectivity index (χ3v) is 5.45. The zero-order valence-electron chi connectivity index (χ0n) is 15.8. The summed E-state index contributed by atoms with van der Waals surface area (Å²) < 4.78 is 8.57. The Bertz CT molecular complexity index is 716. The number of hydrogen-bond acceptors (Lipinski definition) is 5. The van der Waals surface area contributed by atoms with Crippen LogP contribution in [0.25, 0.3) is 0 Å². The summed E-state index contributed by atoms with van der Waals surface area (Å²) in [5.41, 5.74) is 0.308. The highest BCUT2D eigenvalue weighted by atomic mass is 16.5. The second-order valence-electron chi connectivity index (χ2n) is 7.62. The average molecular weight is 350 g/mol. The van der Waals surface area contributed by atoms with E-state index in [-0.39, 0.29) is 23.5 Å².